The summed E-state index contributed by atoms with van der Waals surface area (Å²) >= 11 is 0. The van der Waals surface area contributed by atoms with Crippen LogP contribution in [0.15, 0.2) is 65.6 Å². The maximum absolute atomic E-state index is 13.3. The molecule has 0 atom stereocenters. The van der Waals surface area contributed by atoms with E-state index in [2.05, 4.69) is 25.3 Å². The fraction of sp³-hybridized carbons (Fsp3) is 0.185. The van der Waals surface area contributed by atoms with E-state index in [9.17, 15) is 4.79 Å². The third kappa shape index (κ3) is 4.04. The maximum atomic E-state index is 13.3. The first kappa shape index (κ1) is 23.1. The zero-order chi connectivity index (χ0) is 25.4. The predicted molar refractivity (Wildman–Crippen MR) is 142 cm³/mol. The lowest BCUT2D eigenvalue weighted by Crippen LogP contribution is -2.23. The monoisotopic (exact) mass is 481 g/mol. The summed E-state index contributed by atoms with van der Waals surface area (Å²) in [7, 11) is 3.41. The van der Waals surface area contributed by atoms with Gasteiger partial charge in [-0.05, 0) is 49.2 Å². The standard InChI is InChI=1S/C27H27N7O2/c1-15-12-31-27(32-23(28)10-16(2)29-3)33-24(15)21-13-30-25-19(21)6-5-7-22(25)34-14-17-8-9-18(36-4)11-20(17)26(34)35/h5-13,29-30H,14H2,1-4H3,(H2,28,31,32,33)/b16-10-. The minimum atomic E-state index is -0.0530. The van der Waals surface area contributed by atoms with Crippen LogP contribution in [-0.4, -0.2) is 40.9 Å². The van der Waals surface area contributed by atoms with Gasteiger partial charge in [0.15, 0.2) is 0 Å². The topological polar surface area (TPSA) is 122 Å². The molecule has 9 nitrogen and oxygen atoms in total. The van der Waals surface area contributed by atoms with Crippen molar-refractivity contribution in [3.63, 3.8) is 0 Å². The van der Waals surface area contributed by atoms with Gasteiger partial charge in [0.25, 0.3) is 11.9 Å². The molecular weight excluding hydrogens is 454 g/mol. The van der Waals surface area contributed by atoms with Crippen molar-refractivity contribution in [1.29, 1.82) is 0 Å². The maximum Gasteiger partial charge on any atom is 0.259 e. The normalized spacial score (nSPS) is 13.9. The first-order valence-electron chi connectivity index (χ1n) is 11.5. The molecule has 1 amide bonds. The molecule has 9 heteroatoms. The molecule has 0 saturated carbocycles. The lowest BCUT2D eigenvalue weighted by atomic mass is 10.1. The number of ether oxygens (including phenoxy) is 1. The van der Waals surface area contributed by atoms with Gasteiger partial charge in [-0.3, -0.25) is 4.79 Å². The number of para-hydroxylation sites is 1. The van der Waals surface area contributed by atoms with Crippen molar-refractivity contribution in [3.05, 3.63) is 77.3 Å². The summed E-state index contributed by atoms with van der Waals surface area (Å²) in [6.45, 7) is 4.34. The van der Waals surface area contributed by atoms with Gasteiger partial charge in [-0.2, -0.15) is 4.99 Å². The van der Waals surface area contributed by atoms with Crippen molar-refractivity contribution in [2.75, 3.05) is 19.1 Å². The van der Waals surface area contributed by atoms with Crippen molar-refractivity contribution in [1.82, 2.24) is 20.3 Å². The summed E-state index contributed by atoms with van der Waals surface area (Å²) in [5, 5.41) is 3.96. The fourth-order valence-corrected chi connectivity index (χ4v) is 4.36. The molecule has 4 aromatic rings. The van der Waals surface area contributed by atoms with Gasteiger partial charge in [0, 0.05) is 41.7 Å². The summed E-state index contributed by atoms with van der Waals surface area (Å²) in [5.41, 5.74) is 12.8. The number of nitrogens with zero attached hydrogens (tertiary/aromatic N) is 4. The van der Waals surface area contributed by atoms with Crippen LogP contribution in [-0.2, 0) is 6.54 Å². The van der Waals surface area contributed by atoms with Crippen LogP contribution in [0.1, 0.15) is 28.4 Å². The Hall–Kier alpha value is -4.66. The Balaban J connectivity index is 1.54. The SMILES string of the molecule is CN/C(C)=C\C(N)=N/c1ncc(C)c(-c2c[nH]c3c(N4Cc5ccc(OC)cc5C4=O)cccc23)n1. The molecule has 1 aliphatic rings. The molecule has 1 aliphatic heterocycles. The molecule has 0 unspecified atom stereocenters. The molecule has 0 saturated heterocycles. The zero-order valence-corrected chi connectivity index (χ0v) is 20.6. The number of aliphatic imine (C=N–C) groups is 1. The summed E-state index contributed by atoms with van der Waals surface area (Å²) in [5.74, 6) is 1.20. The van der Waals surface area contributed by atoms with Crippen LogP contribution in [0.2, 0.25) is 0 Å². The molecule has 2 aromatic heterocycles. The van der Waals surface area contributed by atoms with Crippen LogP contribution in [0, 0.1) is 6.92 Å². The highest BCUT2D eigenvalue weighted by Gasteiger charge is 2.30. The average Bonchev–Trinajstić information content (AvgIpc) is 3.46. The molecule has 182 valence electrons. The summed E-state index contributed by atoms with van der Waals surface area (Å²) < 4.78 is 5.31. The number of carbonyl (C=O) groups excluding carboxylic acids is 1. The van der Waals surface area contributed by atoms with Crippen LogP contribution in [0.3, 0.4) is 0 Å². The van der Waals surface area contributed by atoms with Crippen molar-refractivity contribution < 1.29 is 9.53 Å². The number of rotatable bonds is 6. The molecule has 2 aromatic carbocycles. The Morgan fingerprint density at radius 2 is 2.11 bits per heavy atom. The number of methoxy groups -OCH3 is 1. The average molecular weight is 482 g/mol. The molecule has 36 heavy (non-hydrogen) atoms. The number of hydrogen-bond acceptors (Lipinski definition) is 6. The number of nitrogens with one attached hydrogen (secondary N) is 2. The van der Waals surface area contributed by atoms with E-state index in [1.165, 1.54) is 0 Å². The van der Waals surface area contributed by atoms with E-state index in [0.717, 1.165) is 44.7 Å². The summed E-state index contributed by atoms with van der Waals surface area (Å²) in [4.78, 5) is 31.8. The number of benzene rings is 2. The van der Waals surface area contributed by atoms with Gasteiger partial charge in [0.05, 0.1) is 30.6 Å². The highest BCUT2D eigenvalue weighted by atomic mass is 16.5. The van der Waals surface area contributed by atoms with E-state index >= 15 is 0 Å². The van der Waals surface area contributed by atoms with Crippen molar-refractivity contribution in [2.24, 2.45) is 10.7 Å². The Morgan fingerprint density at radius 1 is 1.28 bits per heavy atom. The lowest BCUT2D eigenvalue weighted by Gasteiger charge is -2.17. The predicted octanol–water partition coefficient (Wildman–Crippen LogP) is 4.21. The molecule has 0 spiro atoms. The number of hydrogen-bond donors (Lipinski definition) is 3. The van der Waals surface area contributed by atoms with Gasteiger partial charge < -0.3 is 25.7 Å². The Bertz CT molecular complexity index is 1550. The minimum absolute atomic E-state index is 0.0530. The van der Waals surface area contributed by atoms with E-state index in [1.807, 2.05) is 57.4 Å². The van der Waals surface area contributed by atoms with E-state index in [-0.39, 0.29) is 11.9 Å². The van der Waals surface area contributed by atoms with Gasteiger partial charge >= 0.3 is 0 Å². The smallest absolute Gasteiger partial charge is 0.259 e. The highest BCUT2D eigenvalue weighted by Crippen LogP contribution is 2.38. The van der Waals surface area contributed by atoms with Gasteiger partial charge in [0.2, 0.25) is 0 Å². The summed E-state index contributed by atoms with van der Waals surface area (Å²) in [6, 6.07) is 11.5. The third-order valence-electron chi connectivity index (χ3n) is 6.31. The second-order valence-corrected chi connectivity index (χ2v) is 8.63. The number of aromatic nitrogens is 3. The second kappa shape index (κ2) is 9.18. The van der Waals surface area contributed by atoms with Gasteiger partial charge in [-0.25, -0.2) is 9.97 Å². The molecule has 5 rings (SSSR count). The number of nitrogens with two attached hydrogens (primary N) is 1. The van der Waals surface area contributed by atoms with Crippen LogP contribution in [0.5, 0.6) is 5.75 Å². The lowest BCUT2D eigenvalue weighted by molar-refractivity contribution is 0.0996. The van der Waals surface area contributed by atoms with E-state index in [1.54, 1.807) is 30.3 Å². The number of amides is 1. The molecule has 4 N–H and O–H groups in total. The van der Waals surface area contributed by atoms with Crippen molar-refractivity contribution in [3.8, 4) is 17.0 Å². The number of anilines is 1. The quantitative estimate of drug-likeness (QED) is 0.280. The Kier molecular flexibility index (Phi) is 5.89. The number of allylic oxidation sites excluding steroid dienone is 1. The van der Waals surface area contributed by atoms with Crippen LogP contribution in [0.4, 0.5) is 11.6 Å². The Morgan fingerprint density at radius 3 is 2.89 bits per heavy atom. The van der Waals surface area contributed by atoms with E-state index < -0.39 is 0 Å². The second-order valence-electron chi connectivity index (χ2n) is 8.63. The van der Waals surface area contributed by atoms with Crippen LogP contribution >= 0.6 is 0 Å². The number of fused-ring (bicyclic) bond motifs is 2. The van der Waals surface area contributed by atoms with E-state index in [4.69, 9.17) is 10.5 Å². The number of aryl methyl sites for hydroxylation is 1. The fourth-order valence-electron chi connectivity index (χ4n) is 4.36. The number of carbonyl (C=O) groups is 1. The van der Waals surface area contributed by atoms with Crippen molar-refractivity contribution in [2.45, 2.75) is 20.4 Å². The largest absolute Gasteiger partial charge is 0.497 e. The molecule has 0 radical (unpaired) electrons. The third-order valence-corrected chi connectivity index (χ3v) is 6.31. The summed E-state index contributed by atoms with van der Waals surface area (Å²) in [6.07, 6.45) is 5.36. The van der Waals surface area contributed by atoms with E-state index in [0.29, 0.717) is 23.7 Å². The number of aromatic amines is 1. The minimum Gasteiger partial charge on any atom is -0.497 e. The van der Waals surface area contributed by atoms with Gasteiger partial charge in [-0.15, -0.1) is 0 Å². The molecule has 0 bridgehead atoms. The Labute approximate surface area is 208 Å². The number of H-pyrrole nitrogens is 1. The van der Waals surface area contributed by atoms with Gasteiger partial charge in [-0.1, -0.05) is 18.2 Å². The van der Waals surface area contributed by atoms with Gasteiger partial charge in [0.1, 0.15) is 11.6 Å². The van der Waals surface area contributed by atoms with Crippen LogP contribution < -0.4 is 20.7 Å². The first-order valence-corrected chi connectivity index (χ1v) is 11.5. The van der Waals surface area contributed by atoms with Crippen LogP contribution in [0.25, 0.3) is 22.2 Å². The van der Waals surface area contributed by atoms with Crippen molar-refractivity contribution >= 4 is 34.3 Å². The highest BCUT2D eigenvalue weighted by molar-refractivity contribution is 6.14. The molecule has 0 fully saturated rings. The molecular formula is C27H27N7O2. The molecule has 0 aliphatic carbocycles. The first-order chi connectivity index (χ1) is 17.4. The molecule has 3 heterocycles. The number of amidine groups is 1. The zero-order valence-electron chi connectivity index (χ0n) is 20.6.